The third kappa shape index (κ3) is 8.08. The number of anilines is 2. The molecule has 0 saturated heterocycles. The van der Waals surface area contributed by atoms with Crippen molar-refractivity contribution in [1.82, 2.24) is 4.98 Å². The van der Waals surface area contributed by atoms with Crippen molar-refractivity contribution < 1.29 is 27.2 Å². The molecule has 192 valence electrons. The van der Waals surface area contributed by atoms with Crippen molar-refractivity contribution in [3.8, 4) is 0 Å². The number of halogens is 4. The summed E-state index contributed by atoms with van der Waals surface area (Å²) in [6.07, 6.45) is 2.56. The number of aldehydes is 1. The Balaban J connectivity index is 0.000000346. The van der Waals surface area contributed by atoms with Crippen LogP contribution in [0.3, 0.4) is 0 Å². The van der Waals surface area contributed by atoms with Crippen LogP contribution in [0.4, 0.5) is 28.9 Å². The molecule has 10 heteroatoms. The van der Waals surface area contributed by atoms with Crippen molar-refractivity contribution in [1.29, 1.82) is 0 Å². The van der Waals surface area contributed by atoms with E-state index in [1.807, 2.05) is 12.1 Å². The third-order valence-corrected chi connectivity index (χ3v) is 5.83. The Bertz CT molecular complexity index is 1200. The number of hydrogen-bond acceptors (Lipinski definition) is 5. The average Bonchev–Trinajstić information content (AvgIpc) is 2.83. The molecule has 1 amide bonds. The van der Waals surface area contributed by atoms with E-state index in [0.717, 1.165) is 16.7 Å². The van der Waals surface area contributed by atoms with Crippen molar-refractivity contribution in [2.24, 2.45) is 0 Å². The normalized spacial score (nSPS) is 10.8. The summed E-state index contributed by atoms with van der Waals surface area (Å²) in [7, 11) is 1.43. The Morgan fingerprint density at radius 2 is 1.69 bits per heavy atom. The molecule has 36 heavy (non-hydrogen) atoms. The van der Waals surface area contributed by atoms with Crippen LogP contribution in [0.2, 0.25) is 0 Å². The van der Waals surface area contributed by atoms with Crippen LogP contribution in [0.15, 0.2) is 53.6 Å². The Morgan fingerprint density at radius 1 is 1.00 bits per heavy atom. The van der Waals surface area contributed by atoms with E-state index in [4.69, 9.17) is 0 Å². The number of amides is 1. The van der Waals surface area contributed by atoms with Crippen LogP contribution in [0.25, 0.3) is 0 Å². The van der Waals surface area contributed by atoms with Crippen LogP contribution in [0.1, 0.15) is 32.0 Å². The van der Waals surface area contributed by atoms with E-state index in [9.17, 15) is 27.2 Å². The molecule has 0 bridgehead atoms. The van der Waals surface area contributed by atoms with Crippen LogP contribution in [0.5, 0.6) is 0 Å². The standard InChI is InChI=1S/C19H21FN2O2S.C7H6F3N/c1-4-25-15-7-5-13(21-11-15)10-18(24)22-14-6-8-16(17(20)9-14)19(2,3)12-23;1-11-7-3-5(9)4(8)2-6(7)10/h5-9,11-12H,4,10H2,1-3H3,(H,22,24);2-3,11H,1H3. The van der Waals surface area contributed by atoms with E-state index >= 15 is 0 Å². The fourth-order valence-electron chi connectivity index (χ4n) is 3.03. The van der Waals surface area contributed by atoms with E-state index < -0.39 is 28.7 Å². The summed E-state index contributed by atoms with van der Waals surface area (Å²) in [4.78, 5) is 28.5. The predicted octanol–water partition coefficient (Wildman–Crippen LogP) is 6.14. The quantitative estimate of drug-likeness (QED) is 0.161. The molecule has 2 N–H and O–H groups in total. The monoisotopic (exact) mass is 521 g/mol. The lowest BCUT2D eigenvalue weighted by atomic mass is 9.86. The van der Waals surface area contributed by atoms with E-state index in [-0.39, 0.29) is 18.0 Å². The number of nitrogens with one attached hydrogen (secondary N) is 2. The first-order chi connectivity index (χ1) is 17.0. The van der Waals surface area contributed by atoms with Gasteiger partial charge in [-0.15, -0.1) is 11.8 Å². The highest BCUT2D eigenvalue weighted by molar-refractivity contribution is 7.99. The van der Waals surface area contributed by atoms with Gasteiger partial charge in [0.05, 0.1) is 12.1 Å². The Hall–Kier alpha value is -3.40. The van der Waals surface area contributed by atoms with Gasteiger partial charge >= 0.3 is 0 Å². The zero-order valence-corrected chi connectivity index (χ0v) is 21.1. The van der Waals surface area contributed by atoms with Crippen LogP contribution >= 0.6 is 11.8 Å². The first-order valence-electron chi connectivity index (χ1n) is 11.0. The maximum absolute atomic E-state index is 14.2. The SMILES string of the molecule is CCSc1ccc(CC(=O)Nc2ccc(C(C)(C)C=O)c(F)c2)nc1.CNc1cc(F)c(F)cc1F. The molecule has 0 radical (unpaired) electrons. The number of benzene rings is 2. The summed E-state index contributed by atoms with van der Waals surface area (Å²) in [5.74, 6) is -2.87. The average molecular weight is 522 g/mol. The highest BCUT2D eigenvalue weighted by Gasteiger charge is 2.23. The smallest absolute Gasteiger partial charge is 0.230 e. The second-order valence-electron chi connectivity index (χ2n) is 8.17. The largest absolute Gasteiger partial charge is 0.386 e. The number of nitrogens with zero attached hydrogens (tertiary/aromatic N) is 1. The van der Waals surface area contributed by atoms with Gasteiger partial charge in [0.1, 0.15) is 17.9 Å². The second kappa shape index (κ2) is 13.1. The molecular weight excluding hydrogens is 494 g/mol. The Labute approximate surface area is 211 Å². The molecule has 0 atom stereocenters. The molecule has 0 aliphatic rings. The molecule has 0 saturated carbocycles. The second-order valence-corrected chi connectivity index (χ2v) is 9.51. The highest BCUT2D eigenvalue weighted by atomic mass is 32.2. The van der Waals surface area contributed by atoms with E-state index in [2.05, 4.69) is 22.5 Å². The lowest BCUT2D eigenvalue weighted by molar-refractivity contribution is -0.115. The number of rotatable bonds is 8. The molecule has 0 fully saturated rings. The van der Waals surface area contributed by atoms with Crippen LogP contribution < -0.4 is 10.6 Å². The highest BCUT2D eigenvalue weighted by Crippen LogP contribution is 2.26. The van der Waals surface area contributed by atoms with Crippen molar-refractivity contribution >= 4 is 35.3 Å². The maximum atomic E-state index is 14.2. The fourth-order valence-corrected chi connectivity index (χ4v) is 3.66. The maximum Gasteiger partial charge on any atom is 0.230 e. The number of pyridine rings is 1. The zero-order valence-electron chi connectivity index (χ0n) is 20.3. The van der Waals surface area contributed by atoms with Gasteiger partial charge in [0.2, 0.25) is 5.91 Å². The van der Waals surface area contributed by atoms with E-state index in [1.54, 1.807) is 37.9 Å². The number of hydrogen-bond donors (Lipinski definition) is 2. The van der Waals surface area contributed by atoms with Crippen LogP contribution in [-0.2, 0) is 21.4 Å². The number of carbonyl (C=O) groups is 2. The number of carbonyl (C=O) groups excluding carboxylic acids is 2. The van der Waals surface area contributed by atoms with Crippen molar-refractivity contribution in [2.45, 2.75) is 37.5 Å². The molecule has 0 aliphatic heterocycles. The predicted molar refractivity (Wildman–Crippen MR) is 134 cm³/mol. The molecule has 3 rings (SSSR count). The van der Waals surface area contributed by atoms with Gasteiger partial charge in [-0.2, -0.15) is 0 Å². The molecular formula is C26H27F4N3O2S. The summed E-state index contributed by atoms with van der Waals surface area (Å²) < 4.78 is 51.4. The Kier molecular flexibility index (Phi) is 10.5. The van der Waals surface area contributed by atoms with Gasteiger partial charge in [0, 0.05) is 52.6 Å². The molecule has 1 heterocycles. The van der Waals surface area contributed by atoms with E-state index in [0.29, 0.717) is 29.3 Å². The lowest BCUT2D eigenvalue weighted by Gasteiger charge is -2.18. The van der Waals surface area contributed by atoms with E-state index in [1.165, 1.54) is 19.2 Å². The molecule has 1 aromatic heterocycles. The van der Waals surface area contributed by atoms with Crippen LogP contribution in [0, 0.1) is 23.3 Å². The van der Waals surface area contributed by atoms with Gasteiger partial charge in [-0.25, -0.2) is 17.6 Å². The van der Waals surface area contributed by atoms with Crippen molar-refractivity contribution in [2.75, 3.05) is 23.4 Å². The van der Waals surface area contributed by atoms with Gasteiger partial charge in [-0.1, -0.05) is 13.0 Å². The molecule has 0 spiro atoms. The molecule has 5 nitrogen and oxygen atoms in total. The zero-order chi connectivity index (χ0) is 26.9. The van der Waals surface area contributed by atoms with Gasteiger partial charge < -0.3 is 15.4 Å². The van der Waals surface area contributed by atoms with Crippen molar-refractivity contribution in [3.05, 3.63) is 83.2 Å². The van der Waals surface area contributed by atoms with Gasteiger partial charge in [0.25, 0.3) is 0 Å². The minimum absolute atomic E-state index is 0.0519. The summed E-state index contributed by atoms with van der Waals surface area (Å²) in [6.45, 7) is 5.35. The summed E-state index contributed by atoms with van der Waals surface area (Å²) in [5, 5.41) is 5.04. The minimum atomic E-state index is -1.18. The fraction of sp³-hybridized carbons (Fsp3) is 0.269. The number of aromatic nitrogens is 1. The number of thioether (sulfide) groups is 1. The first kappa shape index (κ1) is 28.8. The van der Waals surface area contributed by atoms with Gasteiger partial charge in [-0.3, -0.25) is 9.78 Å². The molecule has 3 aromatic rings. The lowest BCUT2D eigenvalue weighted by Crippen LogP contribution is -2.21. The van der Waals surface area contributed by atoms with Gasteiger partial charge in [0.15, 0.2) is 11.6 Å². The molecule has 0 aliphatic carbocycles. The summed E-state index contributed by atoms with van der Waals surface area (Å²) in [6, 6.07) is 9.36. The third-order valence-electron chi connectivity index (χ3n) is 4.97. The summed E-state index contributed by atoms with van der Waals surface area (Å²) in [5.41, 5.74) is 0.340. The van der Waals surface area contributed by atoms with Crippen LogP contribution in [-0.4, -0.2) is 30.0 Å². The summed E-state index contributed by atoms with van der Waals surface area (Å²) >= 11 is 1.68. The molecule has 2 aromatic carbocycles. The minimum Gasteiger partial charge on any atom is -0.386 e. The topological polar surface area (TPSA) is 71.1 Å². The first-order valence-corrected chi connectivity index (χ1v) is 12.0. The molecule has 0 unspecified atom stereocenters. The van der Waals surface area contributed by atoms with Gasteiger partial charge in [-0.05, 0) is 43.9 Å². The Morgan fingerprint density at radius 3 is 2.25 bits per heavy atom. The van der Waals surface area contributed by atoms with Crippen molar-refractivity contribution in [3.63, 3.8) is 0 Å².